The summed E-state index contributed by atoms with van der Waals surface area (Å²) in [4.78, 5) is 4.57. The molecule has 126 valence electrons. The summed E-state index contributed by atoms with van der Waals surface area (Å²) in [6.07, 6.45) is 1.91. The second kappa shape index (κ2) is 6.47. The Morgan fingerprint density at radius 2 is 1.92 bits per heavy atom. The fraction of sp³-hybridized carbons (Fsp3) is 0.190. The van der Waals surface area contributed by atoms with Crippen molar-refractivity contribution in [2.75, 3.05) is 13.6 Å². The van der Waals surface area contributed by atoms with E-state index in [1.54, 1.807) is 17.4 Å². The molecule has 2 aromatic heterocycles. The second-order valence-corrected chi connectivity index (χ2v) is 7.34. The Kier molecular flexibility index (Phi) is 4.15. The molecule has 2 aromatic carbocycles. The molecule has 0 aliphatic carbocycles. The van der Waals surface area contributed by atoms with Gasteiger partial charge in [0.2, 0.25) is 0 Å². The molecule has 3 nitrogen and oxygen atoms in total. The Hall–Kier alpha value is -2.43. The van der Waals surface area contributed by atoms with E-state index in [1.807, 2.05) is 19.3 Å². The summed E-state index contributed by atoms with van der Waals surface area (Å²) in [6.45, 7) is 3.15. The normalized spacial score (nSPS) is 12.7. The van der Waals surface area contributed by atoms with Crippen molar-refractivity contribution in [2.45, 2.75) is 12.8 Å². The number of pyridine rings is 1. The third-order valence-corrected chi connectivity index (χ3v) is 5.58. The van der Waals surface area contributed by atoms with Gasteiger partial charge < -0.3 is 10.4 Å². The van der Waals surface area contributed by atoms with Crippen LogP contribution in [0.15, 0.2) is 54.0 Å². The van der Waals surface area contributed by atoms with E-state index in [-0.39, 0.29) is 0 Å². The molecular formula is C21H20N2OS. The van der Waals surface area contributed by atoms with Crippen molar-refractivity contribution in [1.82, 2.24) is 10.3 Å². The number of aromatic nitrogens is 1. The molecule has 1 atom stereocenters. The Labute approximate surface area is 151 Å². The maximum atomic E-state index is 10.6. The van der Waals surface area contributed by atoms with Gasteiger partial charge >= 0.3 is 0 Å². The van der Waals surface area contributed by atoms with Crippen molar-refractivity contribution in [2.24, 2.45) is 0 Å². The van der Waals surface area contributed by atoms with Crippen LogP contribution in [0.5, 0.6) is 5.75 Å². The Balaban J connectivity index is 1.91. The van der Waals surface area contributed by atoms with E-state index >= 15 is 0 Å². The number of rotatable bonds is 4. The van der Waals surface area contributed by atoms with Gasteiger partial charge in [0.25, 0.3) is 0 Å². The lowest BCUT2D eigenvalue weighted by Gasteiger charge is -2.14. The standard InChI is InChI=1S/C21H20N2OS/c1-13(11-22-2)14-3-5-15(6-4-14)20-18(24)8-7-17-21(20)16-9-10-25-19(16)12-23-17/h3-10,12-13,22,24H,11H2,1-2H3/t13-/m0/s1. The highest BCUT2D eigenvalue weighted by atomic mass is 32.1. The first-order chi connectivity index (χ1) is 12.2. The molecule has 0 fully saturated rings. The summed E-state index contributed by atoms with van der Waals surface area (Å²) in [6, 6.07) is 14.2. The average molecular weight is 348 g/mol. The molecule has 0 radical (unpaired) electrons. The van der Waals surface area contributed by atoms with Crippen LogP contribution in [0, 0.1) is 0 Å². The molecule has 0 unspecified atom stereocenters. The summed E-state index contributed by atoms with van der Waals surface area (Å²) < 4.78 is 1.14. The predicted octanol–water partition coefficient (Wildman–Crippen LogP) is 5.15. The maximum Gasteiger partial charge on any atom is 0.124 e. The molecule has 0 spiro atoms. The zero-order valence-corrected chi connectivity index (χ0v) is 15.1. The van der Waals surface area contributed by atoms with Gasteiger partial charge in [0, 0.05) is 29.1 Å². The van der Waals surface area contributed by atoms with E-state index < -0.39 is 0 Å². The van der Waals surface area contributed by atoms with E-state index in [0.29, 0.717) is 11.7 Å². The number of hydrogen-bond donors (Lipinski definition) is 2. The predicted molar refractivity (Wildman–Crippen MR) is 107 cm³/mol. The number of benzene rings is 2. The Bertz CT molecular complexity index is 1040. The van der Waals surface area contributed by atoms with Crippen molar-refractivity contribution in [3.63, 3.8) is 0 Å². The van der Waals surface area contributed by atoms with Gasteiger partial charge in [-0.05, 0) is 47.7 Å². The van der Waals surface area contributed by atoms with Crippen molar-refractivity contribution in [3.05, 3.63) is 59.6 Å². The molecule has 4 aromatic rings. The number of thiophene rings is 1. The minimum absolute atomic E-state index is 0.295. The van der Waals surface area contributed by atoms with Gasteiger partial charge in [-0.2, -0.15) is 0 Å². The van der Waals surface area contributed by atoms with E-state index in [0.717, 1.165) is 38.7 Å². The smallest absolute Gasteiger partial charge is 0.124 e. The van der Waals surface area contributed by atoms with Crippen LogP contribution in [-0.2, 0) is 0 Å². The molecule has 25 heavy (non-hydrogen) atoms. The molecule has 0 aliphatic rings. The average Bonchev–Trinajstić information content (AvgIpc) is 3.11. The first-order valence-electron chi connectivity index (χ1n) is 8.42. The van der Waals surface area contributed by atoms with Crippen LogP contribution in [0.1, 0.15) is 18.4 Å². The summed E-state index contributed by atoms with van der Waals surface area (Å²) >= 11 is 1.67. The molecule has 0 amide bonds. The van der Waals surface area contributed by atoms with Gasteiger partial charge in [-0.3, -0.25) is 4.98 Å². The summed E-state index contributed by atoms with van der Waals surface area (Å²) in [5.74, 6) is 0.745. The van der Waals surface area contributed by atoms with Crippen molar-refractivity contribution < 1.29 is 5.11 Å². The molecule has 0 aliphatic heterocycles. The largest absolute Gasteiger partial charge is 0.507 e. The highest BCUT2D eigenvalue weighted by Gasteiger charge is 2.14. The minimum Gasteiger partial charge on any atom is -0.507 e. The fourth-order valence-corrected chi connectivity index (χ4v) is 4.17. The molecular weight excluding hydrogens is 328 g/mol. The third-order valence-electron chi connectivity index (χ3n) is 4.73. The highest BCUT2D eigenvalue weighted by molar-refractivity contribution is 7.17. The number of hydrogen-bond acceptors (Lipinski definition) is 4. The molecule has 4 rings (SSSR count). The lowest BCUT2D eigenvalue weighted by molar-refractivity contribution is 0.478. The second-order valence-electron chi connectivity index (χ2n) is 6.39. The van der Waals surface area contributed by atoms with Gasteiger partial charge in [0.1, 0.15) is 5.75 Å². The lowest BCUT2D eigenvalue weighted by Crippen LogP contribution is -2.14. The number of phenolic OH excluding ortho intramolecular Hbond substituents is 1. The van der Waals surface area contributed by atoms with Crippen LogP contribution in [0.25, 0.3) is 32.1 Å². The monoisotopic (exact) mass is 348 g/mol. The topological polar surface area (TPSA) is 45.1 Å². The molecule has 0 saturated heterocycles. The van der Waals surface area contributed by atoms with E-state index in [1.165, 1.54) is 5.56 Å². The van der Waals surface area contributed by atoms with E-state index in [9.17, 15) is 5.11 Å². The van der Waals surface area contributed by atoms with E-state index in [2.05, 4.69) is 52.9 Å². The zero-order chi connectivity index (χ0) is 17.4. The quantitative estimate of drug-likeness (QED) is 0.536. The molecule has 4 heteroatoms. The summed E-state index contributed by atoms with van der Waals surface area (Å²) in [7, 11) is 1.97. The molecule has 2 N–H and O–H groups in total. The van der Waals surface area contributed by atoms with Gasteiger partial charge in [-0.15, -0.1) is 11.3 Å². The van der Waals surface area contributed by atoms with Crippen molar-refractivity contribution in [1.29, 1.82) is 0 Å². The van der Waals surface area contributed by atoms with Crippen LogP contribution in [0.2, 0.25) is 0 Å². The van der Waals surface area contributed by atoms with Crippen LogP contribution in [0.4, 0.5) is 0 Å². The van der Waals surface area contributed by atoms with Gasteiger partial charge in [-0.1, -0.05) is 31.2 Å². The Morgan fingerprint density at radius 3 is 2.68 bits per heavy atom. The van der Waals surface area contributed by atoms with Crippen LogP contribution in [0.3, 0.4) is 0 Å². The van der Waals surface area contributed by atoms with Gasteiger partial charge in [0.15, 0.2) is 0 Å². The van der Waals surface area contributed by atoms with Crippen molar-refractivity contribution in [3.8, 4) is 16.9 Å². The lowest BCUT2D eigenvalue weighted by atomic mass is 9.94. The number of phenols is 1. The maximum absolute atomic E-state index is 10.6. The SMILES string of the molecule is CNC[C@H](C)c1ccc(-c2c(O)ccc3ncc4sccc4c23)cc1. The first kappa shape index (κ1) is 16.1. The highest BCUT2D eigenvalue weighted by Crippen LogP contribution is 2.40. The van der Waals surface area contributed by atoms with Crippen LogP contribution < -0.4 is 5.32 Å². The van der Waals surface area contributed by atoms with Crippen molar-refractivity contribution >= 4 is 32.3 Å². The molecule has 2 heterocycles. The van der Waals surface area contributed by atoms with Crippen LogP contribution in [-0.4, -0.2) is 23.7 Å². The number of likely N-dealkylation sites (N-methyl/N-ethyl adjacent to an activating group) is 1. The zero-order valence-electron chi connectivity index (χ0n) is 14.3. The molecule has 0 bridgehead atoms. The van der Waals surface area contributed by atoms with Gasteiger partial charge in [-0.25, -0.2) is 0 Å². The number of fused-ring (bicyclic) bond motifs is 3. The minimum atomic E-state index is 0.295. The summed E-state index contributed by atoms with van der Waals surface area (Å²) in [5.41, 5.74) is 4.08. The number of aromatic hydroxyl groups is 1. The van der Waals surface area contributed by atoms with Gasteiger partial charge in [0.05, 0.1) is 10.2 Å². The Morgan fingerprint density at radius 1 is 1.12 bits per heavy atom. The summed E-state index contributed by atoms with van der Waals surface area (Å²) in [5, 5.41) is 18.0. The first-order valence-corrected chi connectivity index (χ1v) is 9.30. The van der Waals surface area contributed by atoms with E-state index in [4.69, 9.17) is 0 Å². The number of nitrogens with one attached hydrogen (secondary N) is 1. The number of nitrogens with zero attached hydrogens (tertiary/aromatic N) is 1. The van der Waals surface area contributed by atoms with Crippen LogP contribution >= 0.6 is 11.3 Å². The third kappa shape index (κ3) is 2.77. The fourth-order valence-electron chi connectivity index (χ4n) is 3.41. The molecule has 0 saturated carbocycles.